The molecule has 220 valence electrons. The molecule has 0 spiro atoms. The first-order valence-electron chi connectivity index (χ1n) is 13.9. The van der Waals surface area contributed by atoms with E-state index in [1.807, 2.05) is 13.0 Å². The molecule has 5 rings (SSSR count). The summed E-state index contributed by atoms with van der Waals surface area (Å²) in [6, 6.07) is 8.07. The Morgan fingerprint density at radius 2 is 1.86 bits per heavy atom. The second-order valence-corrected chi connectivity index (χ2v) is 10.2. The molecule has 0 bridgehead atoms. The van der Waals surface area contributed by atoms with Crippen LogP contribution in [0.1, 0.15) is 44.1 Å². The standard InChI is InChI=1S/C30H33F2N7O3/c1-4-5-12-42-30(41)39-10-8-38(9-11-39)21-6-7-26(33-16-21)36-29-34-17-25(32)27(37-29)20-14-23-22(19(3)40)13-18(2)35-28(23)24(31)15-20/h6-7,13-17,19,40H,4-5,8-12H2,1-3H3,(H,33,34,36,37). The molecule has 1 aliphatic rings. The van der Waals surface area contributed by atoms with Crippen molar-refractivity contribution in [3.63, 3.8) is 0 Å². The number of carbonyl (C=O) groups is 1. The molecule has 2 N–H and O–H groups in total. The van der Waals surface area contributed by atoms with Gasteiger partial charge in [-0.25, -0.2) is 28.5 Å². The van der Waals surface area contributed by atoms with Crippen LogP contribution in [0.15, 0.2) is 42.7 Å². The predicted octanol–water partition coefficient (Wildman–Crippen LogP) is 5.53. The van der Waals surface area contributed by atoms with Crippen LogP contribution in [0.5, 0.6) is 0 Å². The summed E-state index contributed by atoms with van der Waals surface area (Å²) in [6.45, 7) is 8.19. The maximum atomic E-state index is 15.1. The summed E-state index contributed by atoms with van der Waals surface area (Å²) in [7, 11) is 0. The lowest BCUT2D eigenvalue weighted by Crippen LogP contribution is -2.49. The minimum atomic E-state index is -0.874. The molecule has 1 atom stereocenters. The fourth-order valence-electron chi connectivity index (χ4n) is 4.86. The van der Waals surface area contributed by atoms with Gasteiger partial charge in [-0.1, -0.05) is 13.3 Å². The van der Waals surface area contributed by atoms with Crippen molar-refractivity contribution in [2.75, 3.05) is 43.0 Å². The SMILES string of the molecule is CCCCOC(=O)N1CCN(c2ccc(Nc3ncc(F)c(-c4cc(F)c5nc(C)cc(C(C)O)c5c4)n3)nc2)CC1. The summed E-state index contributed by atoms with van der Waals surface area (Å²) in [5.41, 5.74) is 2.13. The molecule has 12 heteroatoms. The molecule has 0 radical (unpaired) electrons. The Morgan fingerprint density at radius 3 is 2.55 bits per heavy atom. The van der Waals surface area contributed by atoms with Gasteiger partial charge in [0.25, 0.3) is 0 Å². The molecule has 10 nitrogen and oxygen atoms in total. The van der Waals surface area contributed by atoms with Gasteiger partial charge in [-0.05, 0) is 56.2 Å². The van der Waals surface area contributed by atoms with Crippen molar-refractivity contribution >= 4 is 34.4 Å². The second kappa shape index (κ2) is 12.6. The number of halogens is 2. The number of anilines is 3. The van der Waals surface area contributed by atoms with Crippen molar-refractivity contribution in [3.8, 4) is 11.3 Å². The number of carbonyl (C=O) groups excluding carboxylic acids is 1. The number of benzene rings is 1. The minimum Gasteiger partial charge on any atom is -0.449 e. The van der Waals surface area contributed by atoms with Crippen LogP contribution < -0.4 is 10.2 Å². The van der Waals surface area contributed by atoms with Crippen LogP contribution in [0, 0.1) is 18.6 Å². The number of aryl methyl sites for hydroxylation is 1. The average molecular weight is 578 g/mol. The quantitative estimate of drug-likeness (QED) is 0.261. The average Bonchev–Trinajstić information content (AvgIpc) is 2.98. The number of pyridine rings is 2. The van der Waals surface area contributed by atoms with Crippen molar-refractivity contribution in [1.29, 1.82) is 0 Å². The van der Waals surface area contributed by atoms with Gasteiger partial charge in [-0.15, -0.1) is 0 Å². The van der Waals surface area contributed by atoms with E-state index in [0.29, 0.717) is 55.2 Å². The van der Waals surface area contributed by atoms with E-state index in [0.717, 1.165) is 24.7 Å². The first-order valence-corrected chi connectivity index (χ1v) is 13.9. The number of unbranched alkanes of at least 4 members (excludes halogenated alkanes) is 1. The van der Waals surface area contributed by atoms with E-state index in [9.17, 15) is 14.3 Å². The molecule has 0 aliphatic carbocycles. The highest BCUT2D eigenvalue weighted by Gasteiger charge is 2.23. The summed E-state index contributed by atoms with van der Waals surface area (Å²) < 4.78 is 35.3. The molecule has 1 unspecified atom stereocenters. The summed E-state index contributed by atoms with van der Waals surface area (Å²) in [5, 5.41) is 13.6. The third-order valence-electron chi connectivity index (χ3n) is 7.11. The minimum absolute atomic E-state index is 0.0835. The highest BCUT2D eigenvalue weighted by atomic mass is 19.1. The van der Waals surface area contributed by atoms with E-state index in [-0.39, 0.29) is 28.8 Å². The lowest BCUT2D eigenvalue weighted by Gasteiger charge is -2.35. The number of aliphatic hydroxyl groups is 1. The first kappa shape index (κ1) is 29.1. The van der Waals surface area contributed by atoms with Crippen LogP contribution in [-0.4, -0.2) is 68.8 Å². The lowest BCUT2D eigenvalue weighted by atomic mass is 10.00. The third-order valence-corrected chi connectivity index (χ3v) is 7.11. The highest BCUT2D eigenvalue weighted by molar-refractivity contribution is 5.88. The number of nitrogens with one attached hydrogen (secondary N) is 1. The lowest BCUT2D eigenvalue weighted by molar-refractivity contribution is 0.0989. The zero-order valence-corrected chi connectivity index (χ0v) is 23.8. The van der Waals surface area contributed by atoms with Crippen LogP contribution in [0.3, 0.4) is 0 Å². The number of hydrogen-bond acceptors (Lipinski definition) is 9. The largest absolute Gasteiger partial charge is 0.449 e. The van der Waals surface area contributed by atoms with Crippen LogP contribution >= 0.6 is 0 Å². The number of rotatable bonds is 8. The Hall–Kier alpha value is -4.45. The molecule has 1 fully saturated rings. The fourth-order valence-corrected chi connectivity index (χ4v) is 4.86. The zero-order valence-electron chi connectivity index (χ0n) is 23.8. The molecule has 1 aromatic carbocycles. The zero-order chi connectivity index (χ0) is 29.8. The Kier molecular flexibility index (Phi) is 8.72. The molecule has 1 aliphatic heterocycles. The van der Waals surface area contributed by atoms with E-state index in [1.165, 1.54) is 6.07 Å². The van der Waals surface area contributed by atoms with Crippen LogP contribution in [-0.2, 0) is 4.74 Å². The number of aromatic nitrogens is 4. The van der Waals surface area contributed by atoms with Gasteiger partial charge in [0.15, 0.2) is 5.82 Å². The molecule has 1 saturated heterocycles. The number of nitrogens with zero attached hydrogens (tertiary/aromatic N) is 6. The van der Waals surface area contributed by atoms with E-state index in [2.05, 4.69) is 30.2 Å². The first-order chi connectivity index (χ1) is 20.2. The maximum absolute atomic E-state index is 15.1. The van der Waals surface area contributed by atoms with Gasteiger partial charge in [-0.3, -0.25) is 4.98 Å². The monoisotopic (exact) mass is 577 g/mol. The predicted molar refractivity (Wildman–Crippen MR) is 156 cm³/mol. The van der Waals surface area contributed by atoms with Gasteiger partial charge in [0, 0.05) is 42.8 Å². The number of amides is 1. The number of fused-ring (bicyclic) bond motifs is 1. The summed E-state index contributed by atoms with van der Waals surface area (Å²) in [5.74, 6) is -0.850. The molecule has 3 aromatic heterocycles. The summed E-state index contributed by atoms with van der Waals surface area (Å²) >= 11 is 0. The molecule has 0 saturated carbocycles. The fraction of sp³-hybridized carbons (Fsp3) is 0.367. The van der Waals surface area contributed by atoms with E-state index in [4.69, 9.17) is 4.74 Å². The van der Waals surface area contributed by atoms with Crippen molar-refractivity contribution in [3.05, 3.63) is 65.6 Å². The molecule has 4 aromatic rings. The van der Waals surface area contributed by atoms with E-state index >= 15 is 4.39 Å². The van der Waals surface area contributed by atoms with Gasteiger partial charge in [0.2, 0.25) is 5.95 Å². The Bertz CT molecular complexity index is 1580. The van der Waals surface area contributed by atoms with Gasteiger partial charge < -0.3 is 25.0 Å². The van der Waals surface area contributed by atoms with Crippen LogP contribution in [0.2, 0.25) is 0 Å². The van der Waals surface area contributed by atoms with Crippen LogP contribution in [0.4, 0.5) is 31.0 Å². The molecular weight excluding hydrogens is 544 g/mol. The Morgan fingerprint density at radius 1 is 1.07 bits per heavy atom. The molecule has 4 heterocycles. The van der Waals surface area contributed by atoms with Crippen molar-refractivity contribution in [2.45, 2.75) is 39.7 Å². The van der Waals surface area contributed by atoms with E-state index < -0.39 is 17.7 Å². The number of piperazine rings is 1. The summed E-state index contributed by atoms with van der Waals surface area (Å²) in [4.78, 5) is 33.1. The number of hydrogen-bond donors (Lipinski definition) is 2. The van der Waals surface area contributed by atoms with Crippen molar-refractivity contribution < 1.29 is 23.4 Å². The van der Waals surface area contributed by atoms with Gasteiger partial charge >= 0.3 is 6.09 Å². The number of aliphatic hydroxyl groups excluding tert-OH is 1. The van der Waals surface area contributed by atoms with Gasteiger partial charge in [0.05, 0.1) is 30.8 Å². The maximum Gasteiger partial charge on any atom is 0.409 e. The van der Waals surface area contributed by atoms with Gasteiger partial charge in [-0.2, -0.15) is 0 Å². The van der Waals surface area contributed by atoms with Crippen molar-refractivity contribution in [1.82, 2.24) is 24.8 Å². The Labute approximate surface area is 242 Å². The Balaban J connectivity index is 1.29. The molecule has 1 amide bonds. The number of ether oxygens (including phenoxy) is 1. The van der Waals surface area contributed by atoms with Gasteiger partial charge in [0.1, 0.15) is 22.8 Å². The normalized spacial score (nSPS) is 14.2. The topological polar surface area (TPSA) is 117 Å². The summed E-state index contributed by atoms with van der Waals surface area (Å²) in [6.07, 6.45) is 3.39. The third kappa shape index (κ3) is 6.38. The van der Waals surface area contributed by atoms with E-state index in [1.54, 1.807) is 43.1 Å². The molecular formula is C30H33F2N7O3. The molecule has 42 heavy (non-hydrogen) atoms. The van der Waals surface area contributed by atoms with Crippen LogP contribution in [0.25, 0.3) is 22.2 Å². The van der Waals surface area contributed by atoms with Crippen molar-refractivity contribution in [2.24, 2.45) is 0 Å². The highest BCUT2D eigenvalue weighted by Crippen LogP contribution is 2.32. The smallest absolute Gasteiger partial charge is 0.409 e. The second-order valence-electron chi connectivity index (χ2n) is 10.2.